The Morgan fingerprint density at radius 2 is 1.57 bits per heavy atom. The molecule has 0 aliphatic heterocycles. The minimum absolute atomic E-state index is 0.000388. The number of amides is 2. The summed E-state index contributed by atoms with van der Waals surface area (Å²) in [5, 5.41) is 3.67. The van der Waals surface area contributed by atoms with Crippen molar-refractivity contribution in [3.63, 3.8) is 0 Å². The van der Waals surface area contributed by atoms with Gasteiger partial charge in [-0.3, -0.25) is 13.9 Å². The van der Waals surface area contributed by atoms with Crippen LogP contribution in [0.25, 0.3) is 0 Å². The lowest BCUT2D eigenvalue weighted by Crippen LogP contribution is -2.54. The lowest BCUT2D eigenvalue weighted by atomic mass is 10.0. The van der Waals surface area contributed by atoms with Gasteiger partial charge >= 0.3 is 0 Å². The lowest BCUT2D eigenvalue weighted by Gasteiger charge is -2.34. The van der Waals surface area contributed by atoms with Gasteiger partial charge in [-0.1, -0.05) is 90.3 Å². The van der Waals surface area contributed by atoms with Crippen LogP contribution in [0.5, 0.6) is 5.75 Å². The van der Waals surface area contributed by atoms with E-state index in [9.17, 15) is 18.0 Å². The minimum atomic E-state index is -4.28. The first-order valence-corrected chi connectivity index (χ1v) is 17.4. The molecule has 2 atom stereocenters. The zero-order valence-corrected chi connectivity index (χ0v) is 29.1. The highest BCUT2D eigenvalue weighted by molar-refractivity contribution is 7.92. The van der Waals surface area contributed by atoms with Crippen LogP contribution in [0, 0.1) is 6.92 Å². The first-order valence-electron chi connectivity index (χ1n) is 15.2. The van der Waals surface area contributed by atoms with Crippen LogP contribution in [0.15, 0.2) is 102 Å². The second kappa shape index (κ2) is 16.2. The van der Waals surface area contributed by atoms with E-state index in [0.29, 0.717) is 22.8 Å². The normalized spacial score (nSPS) is 12.6. The third kappa shape index (κ3) is 9.28. The maximum absolute atomic E-state index is 14.6. The van der Waals surface area contributed by atoms with Gasteiger partial charge in [-0.25, -0.2) is 8.42 Å². The Bertz CT molecular complexity index is 1790. The number of carbonyl (C=O) groups excluding carboxylic acids is 2. The van der Waals surface area contributed by atoms with Crippen LogP contribution in [-0.2, 0) is 32.6 Å². The molecule has 0 spiro atoms. The maximum Gasteiger partial charge on any atom is 0.264 e. The molecule has 0 heterocycles. The van der Waals surface area contributed by atoms with Crippen molar-refractivity contribution in [3.8, 4) is 5.75 Å². The fourth-order valence-corrected chi connectivity index (χ4v) is 6.87. The van der Waals surface area contributed by atoms with Crippen LogP contribution in [0.4, 0.5) is 5.69 Å². The van der Waals surface area contributed by atoms with Gasteiger partial charge in [-0.05, 0) is 73.9 Å². The number of hydrogen-bond donors (Lipinski definition) is 1. The number of anilines is 1. The Kier molecular flexibility index (Phi) is 12.3. The van der Waals surface area contributed by atoms with Crippen molar-refractivity contribution in [1.29, 1.82) is 0 Å². The predicted octanol–water partition coefficient (Wildman–Crippen LogP) is 7.06. The number of sulfonamides is 1. The molecule has 0 bridgehead atoms. The average Bonchev–Trinajstić information content (AvgIpc) is 3.05. The van der Waals surface area contributed by atoms with Gasteiger partial charge in [0.25, 0.3) is 10.0 Å². The van der Waals surface area contributed by atoms with Crippen LogP contribution < -0.4 is 14.4 Å². The first kappa shape index (κ1) is 35.8. The van der Waals surface area contributed by atoms with Gasteiger partial charge in [0.2, 0.25) is 11.8 Å². The molecule has 0 unspecified atom stereocenters. The number of nitrogens with zero attached hydrogens (tertiary/aromatic N) is 2. The number of ether oxygens (including phenoxy) is 1. The van der Waals surface area contributed by atoms with E-state index in [1.807, 2.05) is 57.2 Å². The number of rotatable bonds is 14. The van der Waals surface area contributed by atoms with E-state index < -0.39 is 28.5 Å². The SMILES string of the molecule is CC[C@@H](C)NC(=O)[C@@H](Cc1ccccc1)N(Cc1cccc(Cl)c1)C(=O)CN(c1ccc(OC)c(Cl)c1)S(=O)(=O)c1ccc(C)cc1. The Balaban J connectivity index is 1.83. The van der Waals surface area contributed by atoms with E-state index in [0.717, 1.165) is 15.4 Å². The van der Waals surface area contributed by atoms with E-state index >= 15 is 0 Å². The molecule has 0 aromatic heterocycles. The zero-order valence-electron chi connectivity index (χ0n) is 26.8. The topological polar surface area (TPSA) is 96.0 Å². The highest BCUT2D eigenvalue weighted by Crippen LogP contribution is 2.32. The van der Waals surface area contributed by atoms with Gasteiger partial charge in [-0.15, -0.1) is 0 Å². The van der Waals surface area contributed by atoms with Crippen LogP contribution >= 0.6 is 23.2 Å². The third-order valence-electron chi connectivity index (χ3n) is 7.83. The average molecular weight is 697 g/mol. The Morgan fingerprint density at radius 3 is 2.19 bits per heavy atom. The summed E-state index contributed by atoms with van der Waals surface area (Å²) < 4.78 is 34.8. The van der Waals surface area contributed by atoms with E-state index in [1.165, 1.54) is 36.3 Å². The second-order valence-electron chi connectivity index (χ2n) is 11.3. The number of methoxy groups -OCH3 is 1. The Labute approximate surface area is 287 Å². The number of nitrogens with one attached hydrogen (secondary N) is 1. The maximum atomic E-state index is 14.6. The van der Waals surface area contributed by atoms with Crippen LogP contribution in [0.1, 0.15) is 37.0 Å². The highest BCUT2D eigenvalue weighted by atomic mass is 35.5. The van der Waals surface area contributed by atoms with E-state index in [2.05, 4.69) is 5.32 Å². The summed E-state index contributed by atoms with van der Waals surface area (Å²) in [6, 6.07) is 26.2. The van der Waals surface area contributed by atoms with Crippen LogP contribution in [0.2, 0.25) is 10.0 Å². The quantitative estimate of drug-likeness (QED) is 0.152. The largest absolute Gasteiger partial charge is 0.495 e. The summed E-state index contributed by atoms with van der Waals surface area (Å²) in [5.74, 6) is -0.589. The van der Waals surface area contributed by atoms with Gasteiger partial charge < -0.3 is 15.0 Å². The highest BCUT2D eigenvalue weighted by Gasteiger charge is 2.35. The first-order chi connectivity index (χ1) is 22.4. The molecule has 0 radical (unpaired) electrons. The number of hydrogen-bond acceptors (Lipinski definition) is 5. The minimum Gasteiger partial charge on any atom is -0.495 e. The number of benzene rings is 4. The van der Waals surface area contributed by atoms with Gasteiger partial charge in [0.15, 0.2) is 0 Å². The fourth-order valence-electron chi connectivity index (χ4n) is 5.00. The summed E-state index contributed by atoms with van der Waals surface area (Å²) in [7, 11) is -2.82. The molecule has 248 valence electrons. The molecule has 0 saturated carbocycles. The lowest BCUT2D eigenvalue weighted by molar-refractivity contribution is -0.140. The standard InChI is InChI=1S/C36H39Cl2N3O5S/c1-5-26(3)39-36(43)33(21-27-10-7-6-8-11-27)40(23-28-12-9-13-29(37)20-28)35(42)24-41(30-16-19-34(46-4)32(38)22-30)47(44,45)31-17-14-25(2)15-18-31/h6-20,22,26,33H,5,21,23-24H2,1-4H3,(H,39,43)/t26-,33-/m1/s1. The number of halogens is 2. The molecule has 0 aliphatic rings. The van der Waals surface area contributed by atoms with Crippen LogP contribution in [0.3, 0.4) is 0 Å². The smallest absolute Gasteiger partial charge is 0.264 e. The van der Waals surface area contributed by atoms with Crippen molar-refractivity contribution in [1.82, 2.24) is 10.2 Å². The summed E-state index contributed by atoms with van der Waals surface area (Å²) in [4.78, 5) is 30.0. The summed E-state index contributed by atoms with van der Waals surface area (Å²) in [6.45, 7) is 5.10. The van der Waals surface area contributed by atoms with Crippen molar-refractivity contribution in [2.75, 3.05) is 18.0 Å². The molecule has 0 fully saturated rings. The summed E-state index contributed by atoms with van der Waals surface area (Å²) in [5.41, 5.74) is 2.56. The molecule has 2 amide bonds. The summed E-state index contributed by atoms with van der Waals surface area (Å²) in [6.07, 6.45) is 0.890. The van der Waals surface area contributed by atoms with Crippen molar-refractivity contribution in [3.05, 3.63) is 124 Å². The molecule has 47 heavy (non-hydrogen) atoms. The third-order valence-corrected chi connectivity index (χ3v) is 10.1. The van der Waals surface area contributed by atoms with Crippen molar-refractivity contribution in [2.45, 2.75) is 57.1 Å². The molecule has 4 aromatic carbocycles. The van der Waals surface area contributed by atoms with Crippen molar-refractivity contribution in [2.24, 2.45) is 0 Å². The van der Waals surface area contributed by atoms with Gasteiger partial charge in [0, 0.05) is 24.0 Å². The summed E-state index contributed by atoms with van der Waals surface area (Å²) >= 11 is 12.8. The molecule has 0 aliphatic carbocycles. The second-order valence-corrected chi connectivity index (χ2v) is 14.0. The molecule has 8 nitrogen and oxygen atoms in total. The fraction of sp³-hybridized carbons (Fsp3) is 0.278. The molecule has 4 rings (SSSR count). The molecular formula is C36H39Cl2N3O5S. The molecule has 1 N–H and O–H groups in total. The van der Waals surface area contributed by atoms with E-state index in [4.69, 9.17) is 27.9 Å². The van der Waals surface area contributed by atoms with Gasteiger partial charge in [0.05, 0.1) is 22.7 Å². The van der Waals surface area contributed by atoms with E-state index in [1.54, 1.807) is 36.4 Å². The Morgan fingerprint density at radius 1 is 0.894 bits per heavy atom. The van der Waals surface area contributed by atoms with E-state index in [-0.39, 0.29) is 40.5 Å². The molecular weight excluding hydrogens is 657 g/mol. The Hall–Kier alpha value is -4.05. The van der Waals surface area contributed by atoms with Crippen molar-refractivity contribution >= 4 is 50.7 Å². The predicted molar refractivity (Wildman–Crippen MR) is 188 cm³/mol. The number of carbonyl (C=O) groups is 2. The van der Waals surface area contributed by atoms with Gasteiger partial charge in [0.1, 0.15) is 18.3 Å². The number of aryl methyl sites for hydroxylation is 1. The van der Waals surface area contributed by atoms with Gasteiger partial charge in [-0.2, -0.15) is 0 Å². The molecule has 11 heteroatoms. The van der Waals surface area contributed by atoms with Crippen LogP contribution in [-0.4, -0.2) is 50.9 Å². The zero-order chi connectivity index (χ0) is 34.1. The monoisotopic (exact) mass is 695 g/mol. The van der Waals surface area contributed by atoms with Crippen molar-refractivity contribution < 1.29 is 22.7 Å². The molecule has 4 aromatic rings. The molecule has 0 saturated heterocycles.